The molecule has 0 radical (unpaired) electrons. The number of esters is 1. The third-order valence-electron chi connectivity index (χ3n) is 6.95. The number of hydrogen-bond donors (Lipinski definition) is 0. The molecule has 0 aromatic heterocycles. The molecule has 0 unspecified atom stereocenters. The van der Waals surface area contributed by atoms with Crippen LogP contribution in [0.3, 0.4) is 0 Å². The normalized spacial score (nSPS) is 51.6. The first-order chi connectivity index (χ1) is 9.97. The van der Waals surface area contributed by atoms with Gasteiger partial charge >= 0.3 is 5.97 Å². The Kier molecular flexibility index (Phi) is 2.97. The Labute approximate surface area is 126 Å². The van der Waals surface area contributed by atoms with E-state index in [4.69, 9.17) is 14.2 Å². The van der Waals surface area contributed by atoms with Gasteiger partial charge in [0.15, 0.2) is 5.79 Å². The standard InChI is InChI=1S/C17H26O4/c1-10-12-4-5-16(3)6-7-17(19-8-9-20-17)11(2)13(16)14(12)21-15(10)18/h10-14H,4-9H2,1-3H3/t10-,11+,12-,13-,14+,16-/m0/s1. The fraction of sp³-hybridized carbons (Fsp3) is 0.941. The van der Waals surface area contributed by atoms with Gasteiger partial charge in [0, 0.05) is 24.2 Å². The largest absolute Gasteiger partial charge is 0.462 e. The number of hydrogen-bond acceptors (Lipinski definition) is 4. The molecule has 4 fully saturated rings. The molecule has 4 nitrogen and oxygen atoms in total. The van der Waals surface area contributed by atoms with E-state index < -0.39 is 5.79 Å². The fourth-order valence-corrected chi connectivity index (χ4v) is 5.62. The highest BCUT2D eigenvalue weighted by atomic mass is 16.7. The summed E-state index contributed by atoms with van der Waals surface area (Å²) in [5, 5.41) is 0. The van der Waals surface area contributed by atoms with E-state index in [1.54, 1.807) is 0 Å². The van der Waals surface area contributed by atoms with Crippen molar-refractivity contribution in [3.8, 4) is 0 Å². The van der Waals surface area contributed by atoms with Gasteiger partial charge in [0.1, 0.15) is 6.10 Å². The Bertz CT molecular complexity index is 456. The van der Waals surface area contributed by atoms with Crippen LogP contribution >= 0.6 is 0 Å². The summed E-state index contributed by atoms with van der Waals surface area (Å²) in [5.41, 5.74) is 0.255. The molecule has 1 spiro atoms. The maximum Gasteiger partial charge on any atom is 0.309 e. The summed E-state index contributed by atoms with van der Waals surface area (Å²) in [6, 6.07) is 0. The minimum Gasteiger partial charge on any atom is -0.462 e. The van der Waals surface area contributed by atoms with E-state index >= 15 is 0 Å². The summed E-state index contributed by atoms with van der Waals surface area (Å²) in [7, 11) is 0. The van der Waals surface area contributed by atoms with Crippen molar-refractivity contribution in [1.29, 1.82) is 0 Å². The number of ether oxygens (including phenoxy) is 3. The number of rotatable bonds is 0. The number of carbonyl (C=O) groups is 1. The zero-order valence-corrected chi connectivity index (χ0v) is 13.3. The third-order valence-corrected chi connectivity index (χ3v) is 6.95. The van der Waals surface area contributed by atoms with Crippen molar-refractivity contribution >= 4 is 5.97 Å². The van der Waals surface area contributed by atoms with E-state index in [1.807, 2.05) is 6.92 Å². The molecule has 2 heterocycles. The van der Waals surface area contributed by atoms with Gasteiger partial charge in [-0.15, -0.1) is 0 Å². The first-order valence-corrected chi connectivity index (χ1v) is 8.45. The Hall–Kier alpha value is -0.610. The van der Waals surface area contributed by atoms with Crippen LogP contribution in [0.5, 0.6) is 0 Å². The van der Waals surface area contributed by atoms with Crippen LogP contribution in [0, 0.1) is 29.1 Å². The number of carbonyl (C=O) groups excluding carboxylic acids is 1. The maximum atomic E-state index is 12.1. The minimum atomic E-state index is -0.426. The van der Waals surface area contributed by atoms with Crippen LogP contribution in [-0.2, 0) is 19.0 Å². The molecule has 2 aliphatic carbocycles. The molecule has 0 bridgehead atoms. The van der Waals surface area contributed by atoms with Gasteiger partial charge in [0.2, 0.25) is 0 Å². The Balaban J connectivity index is 1.69. The van der Waals surface area contributed by atoms with Gasteiger partial charge in [-0.25, -0.2) is 0 Å². The Morgan fingerprint density at radius 1 is 1.10 bits per heavy atom. The molecule has 4 aliphatic rings. The minimum absolute atomic E-state index is 0.00525. The SMILES string of the molecule is C[C@@H]1C(=O)O[C@@H]2[C@H]1CC[C@@]1(C)CCC3(OCCO3)[C@H](C)[C@@H]21. The van der Waals surface area contributed by atoms with Crippen LogP contribution in [0.1, 0.15) is 46.5 Å². The smallest absolute Gasteiger partial charge is 0.309 e. The lowest BCUT2D eigenvalue weighted by Crippen LogP contribution is -2.58. The van der Waals surface area contributed by atoms with Crippen LogP contribution in [0.2, 0.25) is 0 Å². The lowest BCUT2D eigenvalue weighted by atomic mass is 9.52. The quantitative estimate of drug-likeness (QED) is 0.644. The molecule has 6 atom stereocenters. The van der Waals surface area contributed by atoms with E-state index in [2.05, 4.69) is 13.8 Å². The second kappa shape index (κ2) is 4.45. The maximum absolute atomic E-state index is 12.1. The van der Waals surface area contributed by atoms with Crippen LogP contribution in [0.15, 0.2) is 0 Å². The third kappa shape index (κ3) is 1.78. The van der Waals surface area contributed by atoms with Crippen molar-refractivity contribution in [2.75, 3.05) is 13.2 Å². The van der Waals surface area contributed by atoms with Crippen LogP contribution < -0.4 is 0 Å². The van der Waals surface area contributed by atoms with Crippen LogP contribution in [-0.4, -0.2) is 31.1 Å². The van der Waals surface area contributed by atoms with Gasteiger partial charge in [-0.3, -0.25) is 4.79 Å². The highest BCUT2D eigenvalue weighted by Gasteiger charge is 2.63. The molecule has 0 aromatic carbocycles. The van der Waals surface area contributed by atoms with Crippen molar-refractivity contribution in [2.45, 2.75) is 58.3 Å². The summed E-state index contributed by atoms with van der Waals surface area (Å²) in [6.45, 7) is 8.03. The van der Waals surface area contributed by atoms with E-state index in [9.17, 15) is 4.79 Å². The zero-order valence-electron chi connectivity index (χ0n) is 13.3. The molecule has 0 N–H and O–H groups in total. The molecule has 2 aliphatic heterocycles. The first kappa shape index (κ1) is 14.0. The fourth-order valence-electron chi connectivity index (χ4n) is 5.62. The molecule has 0 aromatic rings. The summed E-state index contributed by atoms with van der Waals surface area (Å²) in [5.74, 6) is 0.644. The molecule has 2 saturated heterocycles. The number of fused-ring (bicyclic) bond motifs is 3. The van der Waals surface area contributed by atoms with Gasteiger partial charge in [0.25, 0.3) is 0 Å². The molecule has 4 rings (SSSR count). The van der Waals surface area contributed by atoms with E-state index in [1.165, 1.54) is 6.42 Å². The van der Waals surface area contributed by atoms with E-state index in [0.29, 0.717) is 25.0 Å². The molecule has 2 saturated carbocycles. The second-order valence-corrected chi connectivity index (χ2v) is 7.87. The van der Waals surface area contributed by atoms with Gasteiger partial charge in [-0.2, -0.15) is 0 Å². The van der Waals surface area contributed by atoms with Crippen molar-refractivity contribution in [1.82, 2.24) is 0 Å². The Morgan fingerprint density at radius 2 is 1.81 bits per heavy atom. The Morgan fingerprint density at radius 3 is 2.52 bits per heavy atom. The zero-order chi connectivity index (χ0) is 14.8. The van der Waals surface area contributed by atoms with Crippen molar-refractivity contribution in [2.24, 2.45) is 29.1 Å². The molecule has 4 heteroatoms. The van der Waals surface area contributed by atoms with Crippen molar-refractivity contribution in [3.63, 3.8) is 0 Å². The summed E-state index contributed by atoms with van der Waals surface area (Å²) >= 11 is 0. The monoisotopic (exact) mass is 294 g/mol. The molecule has 118 valence electrons. The summed E-state index contributed by atoms with van der Waals surface area (Å²) < 4.78 is 17.9. The average Bonchev–Trinajstić information content (AvgIpc) is 3.03. The van der Waals surface area contributed by atoms with Crippen molar-refractivity contribution in [3.05, 3.63) is 0 Å². The lowest BCUT2D eigenvalue weighted by Gasteiger charge is -2.57. The van der Waals surface area contributed by atoms with E-state index in [0.717, 1.165) is 19.3 Å². The van der Waals surface area contributed by atoms with Gasteiger partial charge < -0.3 is 14.2 Å². The predicted octanol–water partition coefficient (Wildman–Crippen LogP) is 2.75. The van der Waals surface area contributed by atoms with Crippen LogP contribution in [0.25, 0.3) is 0 Å². The van der Waals surface area contributed by atoms with Crippen molar-refractivity contribution < 1.29 is 19.0 Å². The average molecular weight is 294 g/mol. The summed E-state index contributed by atoms with van der Waals surface area (Å²) in [4.78, 5) is 12.1. The molecular formula is C17H26O4. The highest BCUT2D eigenvalue weighted by Crippen LogP contribution is 2.61. The lowest BCUT2D eigenvalue weighted by molar-refractivity contribution is -0.262. The highest BCUT2D eigenvalue weighted by molar-refractivity contribution is 5.75. The molecule has 0 amide bonds. The van der Waals surface area contributed by atoms with Crippen LogP contribution in [0.4, 0.5) is 0 Å². The molecule has 21 heavy (non-hydrogen) atoms. The topological polar surface area (TPSA) is 44.8 Å². The van der Waals surface area contributed by atoms with E-state index in [-0.39, 0.29) is 29.3 Å². The first-order valence-electron chi connectivity index (χ1n) is 8.45. The molecular weight excluding hydrogens is 268 g/mol. The second-order valence-electron chi connectivity index (χ2n) is 7.87. The predicted molar refractivity (Wildman–Crippen MR) is 76.4 cm³/mol. The van der Waals surface area contributed by atoms with Gasteiger partial charge in [0.05, 0.1) is 19.1 Å². The summed E-state index contributed by atoms with van der Waals surface area (Å²) in [6.07, 6.45) is 4.46. The van der Waals surface area contributed by atoms with Gasteiger partial charge in [-0.05, 0) is 24.7 Å². The van der Waals surface area contributed by atoms with Gasteiger partial charge in [-0.1, -0.05) is 20.8 Å².